The maximum absolute atomic E-state index is 13.2. The van der Waals surface area contributed by atoms with Gasteiger partial charge in [-0.3, -0.25) is 24.4 Å². The number of nitrogens with two attached hydrogens (primary N) is 1. The number of hydrogen-bond donors (Lipinski definition) is 5. The van der Waals surface area contributed by atoms with Crippen LogP contribution in [0.2, 0.25) is 0 Å². The van der Waals surface area contributed by atoms with Crippen LogP contribution < -0.4 is 21.8 Å². The van der Waals surface area contributed by atoms with Crippen molar-refractivity contribution in [3.8, 4) is 0 Å². The van der Waals surface area contributed by atoms with E-state index in [0.29, 0.717) is 19.3 Å². The van der Waals surface area contributed by atoms with Crippen LogP contribution >= 0.6 is 0 Å². The first-order valence-corrected chi connectivity index (χ1v) is 11.7. The third-order valence-corrected chi connectivity index (χ3v) is 6.55. The number of hydrogen-bond acceptors (Lipinski definition) is 5. The summed E-state index contributed by atoms with van der Waals surface area (Å²) in [5.74, 6) is -3.55. The van der Waals surface area contributed by atoms with Gasteiger partial charge in [0.15, 0.2) is 0 Å². The van der Waals surface area contributed by atoms with E-state index in [1.165, 1.54) is 0 Å². The zero-order valence-corrected chi connectivity index (χ0v) is 19.3. The van der Waals surface area contributed by atoms with E-state index in [0.717, 1.165) is 29.2 Å². The molecule has 4 amide bonds. The Morgan fingerprint density at radius 1 is 0.941 bits per heavy atom. The molecule has 3 rings (SSSR count). The summed E-state index contributed by atoms with van der Waals surface area (Å²) in [6, 6.07) is 11.6. The number of carbonyl (C=O) groups is 4. The van der Waals surface area contributed by atoms with Crippen molar-refractivity contribution >= 4 is 34.4 Å². The first-order valence-electron chi connectivity index (χ1n) is 11.7. The zero-order valence-electron chi connectivity index (χ0n) is 19.3. The molecule has 0 bridgehead atoms. The Hall–Kier alpha value is -3.46. The SMILES string of the molecule is CC[C@H](NC(=O)[C@H](Cc1cccc2ccccc12)NC(=O)[C@@H]1CCCC[C@H]1C(=O)NO)C(N)=O. The molecular formula is C25H32N4O5. The minimum atomic E-state index is -0.980. The van der Waals surface area contributed by atoms with Crippen LogP contribution in [-0.2, 0) is 25.6 Å². The Morgan fingerprint density at radius 2 is 1.59 bits per heavy atom. The molecule has 0 aliphatic heterocycles. The highest BCUT2D eigenvalue weighted by Crippen LogP contribution is 2.30. The average Bonchev–Trinajstić information content (AvgIpc) is 2.86. The quantitative estimate of drug-likeness (QED) is 0.279. The van der Waals surface area contributed by atoms with Crippen molar-refractivity contribution in [2.45, 2.75) is 57.5 Å². The van der Waals surface area contributed by atoms with Gasteiger partial charge in [0.05, 0.1) is 5.92 Å². The van der Waals surface area contributed by atoms with Crippen molar-refractivity contribution in [2.75, 3.05) is 0 Å². The maximum Gasteiger partial charge on any atom is 0.247 e. The summed E-state index contributed by atoms with van der Waals surface area (Å²) >= 11 is 0. The van der Waals surface area contributed by atoms with Crippen molar-refractivity contribution < 1.29 is 24.4 Å². The molecule has 2 aromatic rings. The van der Waals surface area contributed by atoms with Gasteiger partial charge in [-0.2, -0.15) is 0 Å². The van der Waals surface area contributed by atoms with Gasteiger partial charge in [-0.25, -0.2) is 5.48 Å². The van der Waals surface area contributed by atoms with Crippen LogP contribution in [0.25, 0.3) is 10.8 Å². The molecule has 182 valence electrons. The van der Waals surface area contributed by atoms with Crippen molar-refractivity contribution in [2.24, 2.45) is 17.6 Å². The van der Waals surface area contributed by atoms with Crippen LogP contribution in [0.15, 0.2) is 42.5 Å². The van der Waals surface area contributed by atoms with Gasteiger partial charge >= 0.3 is 0 Å². The van der Waals surface area contributed by atoms with Gasteiger partial charge in [0, 0.05) is 12.3 Å². The number of nitrogens with one attached hydrogen (secondary N) is 3. The average molecular weight is 469 g/mol. The van der Waals surface area contributed by atoms with Crippen LogP contribution in [0.1, 0.15) is 44.6 Å². The van der Waals surface area contributed by atoms with E-state index >= 15 is 0 Å². The second kappa shape index (κ2) is 11.6. The first-order chi connectivity index (χ1) is 16.3. The molecule has 1 fully saturated rings. The van der Waals surface area contributed by atoms with Gasteiger partial charge < -0.3 is 16.4 Å². The first kappa shape index (κ1) is 25.2. The zero-order chi connectivity index (χ0) is 24.7. The highest BCUT2D eigenvalue weighted by molar-refractivity contribution is 5.94. The third-order valence-electron chi connectivity index (χ3n) is 6.55. The summed E-state index contributed by atoms with van der Waals surface area (Å²) in [6.45, 7) is 1.73. The highest BCUT2D eigenvalue weighted by Gasteiger charge is 2.37. The van der Waals surface area contributed by atoms with Gasteiger partial charge in [0.25, 0.3) is 0 Å². The second-order valence-corrected chi connectivity index (χ2v) is 8.75. The molecule has 6 N–H and O–H groups in total. The predicted molar refractivity (Wildman–Crippen MR) is 126 cm³/mol. The molecule has 9 heteroatoms. The normalized spacial score (nSPS) is 19.6. The van der Waals surface area contributed by atoms with Gasteiger partial charge in [0.2, 0.25) is 23.6 Å². The number of benzene rings is 2. The van der Waals surface area contributed by atoms with Crippen molar-refractivity contribution in [3.05, 3.63) is 48.0 Å². The molecule has 0 spiro atoms. The molecular weight excluding hydrogens is 436 g/mol. The van der Waals surface area contributed by atoms with Crippen molar-refractivity contribution in [3.63, 3.8) is 0 Å². The molecule has 0 unspecified atom stereocenters. The van der Waals surface area contributed by atoms with Crippen LogP contribution in [0.5, 0.6) is 0 Å². The molecule has 4 atom stereocenters. The summed E-state index contributed by atoms with van der Waals surface area (Å²) in [7, 11) is 0. The number of amides is 4. The van der Waals surface area contributed by atoms with Crippen LogP contribution in [0.3, 0.4) is 0 Å². The monoisotopic (exact) mass is 468 g/mol. The van der Waals surface area contributed by atoms with Crippen LogP contribution in [0, 0.1) is 11.8 Å². The standard InChI is InChI=1S/C25H32N4O5/c1-2-20(22(26)30)27-25(33)21(14-16-10-7-9-15-8-3-4-11-17(15)16)28-23(31)18-12-5-6-13-19(18)24(32)29-34/h3-4,7-11,18-21,34H,2,5-6,12-14H2,1H3,(H2,26,30)(H,27,33)(H,28,31)(H,29,32)/t18-,19-,20+,21+/m1/s1. The fourth-order valence-corrected chi connectivity index (χ4v) is 4.67. The molecule has 9 nitrogen and oxygen atoms in total. The minimum absolute atomic E-state index is 0.192. The largest absolute Gasteiger partial charge is 0.368 e. The lowest BCUT2D eigenvalue weighted by Gasteiger charge is -2.30. The second-order valence-electron chi connectivity index (χ2n) is 8.75. The number of hydroxylamine groups is 1. The lowest BCUT2D eigenvalue weighted by Crippen LogP contribution is -2.55. The fourth-order valence-electron chi connectivity index (χ4n) is 4.67. The van der Waals surface area contributed by atoms with E-state index in [1.54, 1.807) is 12.4 Å². The summed E-state index contributed by atoms with van der Waals surface area (Å²) in [4.78, 5) is 50.3. The minimum Gasteiger partial charge on any atom is -0.368 e. The lowest BCUT2D eigenvalue weighted by molar-refractivity contribution is -0.142. The molecule has 2 aromatic carbocycles. The molecule has 0 radical (unpaired) electrons. The Labute approximate surface area is 198 Å². The summed E-state index contributed by atoms with van der Waals surface area (Å²) in [5, 5.41) is 16.5. The highest BCUT2D eigenvalue weighted by atomic mass is 16.5. The Bertz CT molecular complexity index is 1050. The molecule has 0 heterocycles. The van der Waals surface area contributed by atoms with Gasteiger partial charge in [-0.15, -0.1) is 0 Å². The fraction of sp³-hybridized carbons (Fsp3) is 0.440. The lowest BCUT2D eigenvalue weighted by atomic mass is 9.78. The summed E-state index contributed by atoms with van der Waals surface area (Å²) in [5.41, 5.74) is 7.91. The summed E-state index contributed by atoms with van der Waals surface area (Å²) in [6.07, 6.45) is 3.01. The van der Waals surface area contributed by atoms with E-state index in [2.05, 4.69) is 10.6 Å². The van der Waals surface area contributed by atoms with E-state index < -0.39 is 47.5 Å². The van der Waals surface area contributed by atoms with Crippen molar-refractivity contribution in [1.29, 1.82) is 0 Å². The smallest absolute Gasteiger partial charge is 0.247 e. The third kappa shape index (κ3) is 5.91. The summed E-state index contributed by atoms with van der Waals surface area (Å²) < 4.78 is 0. The Morgan fingerprint density at radius 3 is 2.24 bits per heavy atom. The molecule has 0 aromatic heterocycles. The molecule has 1 aliphatic carbocycles. The van der Waals surface area contributed by atoms with Gasteiger partial charge in [-0.05, 0) is 35.6 Å². The molecule has 1 aliphatic rings. The number of rotatable bonds is 9. The number of primary amides is 1. The Kier molecular flexibility index (Phi) is 8.59. The molecule has 34 heavy (non-hydrogen) atoms. The van der Waals surface area contributed by atoms with Crippen LogP contribution in [-0.4, -0.2) is 40.9 Å². The van der Waals surface area contributed by atoms with Gasteiger partial charge in [-0.1, -0.05) is 62.2 Å². The van der Waals surface area contributed by atoms with Gasteiger partial charge in [0.1, 0.15) is 12.1 Å². The Balaban J connectivity index is 1.87. The topological polar surface area (TPSA) is 151 Å². The predicted octanol–water partition coefficient (Wildman–Crippen LogP) is 1.56. The maximum atomic E-state index is 13.2. The number of fused-ring (bicyclic) bond motifs is 1. The van der Waals surface area contributed by atoms with E-state index in [9.17, 15) is 19.2 Å². The van der Waals surface area contributed by atoms with Crippen LogP contribution in [0.4, 0.5) is 0 Å². The van der Waals surface area contributed by atoms with E-state index in [-0.39, 0.29) is 6.42 Å². The molecule has 0 saturated heterocycles. The van der Waals surface area contributed by atoms with E-state index in [1.807, 2.05) is 42.5 Å². The number of carbonyl (C=O) groups excluding carboxylic acids is 4. The molecule has 1 saturated carbocycles. The van der Waals surface area contributed by atoms with E-state index in [4.69, 9.17) is 10.9 Å². The van der Waals surface area contributed by atoms with Crippen molar-refractivity contribution in [1.82, 2.24) is 16.1 Å².